The number of sulfonamides is 1. The van der Waals surface area contributed by atoms with E-state index in [4.69, 9.17) is 4.74 Å². The van der Waals surface area contributed by atoms with Crippen molar-refractivity contribution in [2.45, 2.75) is 6.04 Å². The minimum absolute atomic E-state index is 0.0370. The standard InChI is InChI=1S/C14H18F2N2O4S/c1-18(2)23(20,21)8-10-6-22-7-13(10)17-14(19)9-3-4-11(15)12(16)5-9/h3-5,10,13H,6-8H2,1-2H3,(H,17,19)/t10-,13-/m0/s1. The van der Waals surface area contributed by atoms with Crippen molar-refractivity contribution in [2.75, 3.05) is 33.1 Å². The summed E-state index contributed by atoms with van der Waals surface area (Å²) < 4.78 is 56.3. The molecule has 0 bridgehead atoms. The van der Waals surface area contributed by atoms with Crippen LogP contribution in [0.2, 0.25) is 0 Å². The van der Waals surface area contributed by atoms with Crippen molar-refractivity contribution in [1.82, 2.24) is 9.62 Å². The van der Waals surface area contributed by atoms with E-state index in [9.17, 15) is 22.0 Å². The lowest BCUT2D eigenvalue weighted by Gasteiger charge is -2.21. The van der Waals surface area contributed by atoms with Gasteiger partial charge in [-0.3, -0.25) is 4.79 Å². The molecule has 0 unspecified atom stereocenters. The molecule has 1 N–H and O–H groups in total. The van der Waals surface area contributed by atoms with Gasteiger partial charge in [0, 0.05) is 25.6 Å². The van der Waals surface area contributed by atoms with Crippen molar-refractivity contribution in [3.8, 4) is 0 Å². The Morgan fingerprint density at radius 1 is 1.30 bits per heavy atom. The van der Waals surface area contributed by atoms with Gasteiger partial charge < -0.3 is 10.1 Å². The molecule has 1 aliphatic heterocycles. The second-order valence-corrected chi connectivity index (χ2v) is 7.79. The first-order valence-electron chi connectivity index (χ1n) is 6.94. The molecule has 1 aliphatic rings. The Balaban J connectivity index is 2.06. The minimum Gasteiger partial charge on any atom is -0.379 e. The summed E-state index contributed by atoms with van der Waals surface area (Å²) in [7, 11) is -0.574. The van der Waals surface area contributed by atoms with Crippen LogP contribution < -0.4 is 5.32 Å². The Labute approximate surface area is 133 Å². The highest BCUT2D eigenvalue weighted by Gasteiger charge is 2.34. The fourth-order valence-electron chi connectivity index (χ4n) is 2.23. The van der Waals surface area contributed by atoms with Crippen LogP contribution in [-0.2, 0) is 14.8 Å². The summed E-state index contributed by atoms with van der Waals surface area (Å²) >= 11 is 0. The molecule has 0 aromatic heterocycles. The molecule has 1 heterocycles. The Morgan fingerprint density at radius 3 is 2.61 bits per heavy atom. The van der Waals surface area contributed by atoms with Crippen LogP contribution in [0.15, 0.2) is 18.2 Å². The van der Waals surface area contributed by atoms with Gasteiger partial charge in [-0.1, -0.05) is 0 Å². The molecule has 2 atom stereocenters. The van der Waals surface area contributed by atoms with Crippen LogP contribution in [0.25, 0.3) is 0 Å². The van der Waals surface area contributed by atoms with E-state index in [2.05, 4.69) is 5.32 Å². The van der Waals surface area contributed by atoms with Crippen molar-refractivity contribution < 1.29 is 26.7 Å². The third-order valence-electron chi connectivity index (χ3n) is 3.68. The lowest BCUT2D eigenvalue weighted by Crippen LogP contribution is -2.43. The van der Waals surface area contributed by atoms with Crippen LogP contribution in [0.4, 0.5) is 8.78 Å². The van der Waals surface area contributed by atoms with Crippen LogP contribution >= 0.6 is 0 Å². The van der Waals surface area contributed by atoms with Gasteiger partial charge in [0.25, 0.3) is 5.91 Å². The Hall–Kier alpha value is -1.58. The van der Waals surface area contributed by atoms with Crippen molar-refractivity contribution in [1.29, 1.82) is 0 Å². The Morgan fingerprint density at radius 2 is 2.00 bits per heavy atom. The molecule has 23 heavy (non-hydrogen) atoms. The second-order valence-electron chi connectivity index (χ2n) is 5.57. The number of halogens is 2. The highest BCUT2D eigenvalue weighted by atomic mass is 32.2. The molecular weight excluding hydrogens is 330 g/mol. The molecular formula is C14H18F2N2O4S. The number of carbonyl (C=O) groups is 1. The quantitative estimate of drug-likeness (QED) is 0.846. The summed E-state index contributed by atoms with van der Waals surface area (Å²) in [5.41, 5.74) is -0.0370. The Kier molecular flexibility index (Phi) is 5.33. The number of carbonyl (C=O) groups excluding carboxylic acids is 1. The first-order chi connectivity index (χ1) is 10.7. The normalized spacial score (nSPS) is 21.6. The summed E-state index contributed by atoms with van der Waals surface area (Å²) in [6, 6.07) is 2.32. The lowest BCUT2D eigenvalue weighted by atomic mass is 10.1. The van der Waals surface area contributed by atoms with Gasteiger partial charge in [-0.25, -0.2) is 21.5 Å². The van der Waals surface area contributed by atoms with Gasteiger partial charge in [-0.2, -0.15) is 0 Å². The molecule has 128 valence electrons. The van der Waals surface area contributed by atoms with Crippen molar-refractivity contribution in [2.24, 2.45) is 5.92 Å². The molecule has 0 saturated carbocycles. The molecule has 0 spiro atoms. The number of hydrogen-bond acceptors (Lipinski definition) is 4. The largest absolute Gasteiger partial charge is 0.379 e. The fourth-order valence-corrected chi connectivity index (χ4v) is 3.40. The summed E-state index contributed by atoms with van der Waals surface area (Å²) in [5.74, 6) is -3.33. The summed E-state index contributed by atoms with van der Waals surface area (Å²) in [6.07, 6.45) is 0. The van der Waals surface area contributed by atoms with Crippen molar-refractivity contribution in [3.63, 3.8) is 0 Å². The number of nitrogens with zero attached hydrogens (tertiary/aromatic N) is 1. The number of ether oxygens (including phenoxy) is 1. The van der Waals surface area contributed by atoms with Gasteiger partial charge >= 0.3 is 0 Å². The zero-order valence-corrected chi connectivity index (χ0v) is 13.6. The van der Waals surface area contributed by atoms with Crippen LogP contribution in [0, 0.1) is 17.6 Å². The van der Waals surface area contributed by atoms with E-state index in [1.54, 1.807) is 0 Å². The molecule has 1 aromatic carbocycles. The van der Waals surface area contributed by atoms with Crippen molar-refractivity contribution in [3.05, 3.63) is 35.4 Å². The number of nitrogens with one attached hydrogen (secondary N) is 1. The monoisotopic (exact) mass is 348 g/mol. The van der Waals surface area contributed by atoms with Crippen LogP contribution in [-0.4, -0.2) is 57.7 Å². The minimum atomic E-state index is -3.43. The molecule has 0 radical (unpaired) electrons. The number of amides is 1. The SMILES string of the molecule is CN(C)S(=O)(=O)C[C@@H]1COC[C@@H]1NC(=O)c1ccc(F)c(F)c1. The van der Waals surface area contributed by atoms with Crippen molar-refractivity contribution >= 4 is 15.9 Å². The zero-order chi connectivity index (χ0) is 17.2. The Bertz CT molecular complexity index is 694. The maximum absolute atomic E-state index is 13.2. The number of rotatable bonds is 5. The van der Waals surface area contributed by atoms with E-state index < -0.39 is 39.5 Å². The topological polar surface area (TPSA) is 75.7 Å². The highest BCUT2D eigenvalue weighted by Crippen LogP contribution is 2.18. The molecule has 9 heteroatoms. The molecule has 1 amide bonds. The average Bonchev–Trinajstić information content (AvgIpc) is 2.88. The predicted molar refractivity (Wildman–Crippen MR) is 79.4 cm³/mol. The first-order valence-corrected chi connectivity index (χ1v) is 8.55. The van der Waals surface area contributed by atoms with E-state index in [1.165, 1.54) is 14.1 Å². The predicted octanol–water partition coefficient (Wildman–Crippen LogP) is 0.601. The molecule has 2 rings (SSSR count). The van der Waals surface area contributed by atoms with E-state index >= 15 is 0 Å². The van der Waals surface area contributed by atoms with Gasteiger partial charge in [0.2, 0.25) is 10.0 Å². The van der Waals surface area contributed by atoms with Gasteiger partial charge in [0.15, 0.2) is 11.6 Å². The molecule has 6 nitrogen and oxygen atoms in total. The van der Waals surface area contributed by atoms with Gasteiger partial charge in [-0.15, -0.1) is 0 Å². The van der Waals surface area contributed by atoms with Crippen LogP contribution in [0.1, 0.15) is 10.4 Å². The first kappa shape index (κ1) is 17.8. The third-order valence-corrected chi connectivity index (χ3v) is 5.64. The number of benzene rings is 1. The maximum atomic E-state index is 13.2. The number of hydrogen-bond donors (Lipinski definition) is 1. The second kappa shape index (κ2) is 6.90. The van der Waals surface area contributed by atoms with Gasteiger partial charge in [0.05, 0.1) is 25.0 Å². The fraction of sp³-hybridized carbons (Fsp3) is 0.500. The lowest BCUT2D eigenvalue weighted by molar-refractivity contribution is 0.0925. The van der Waals surface area contributed by atoms with E-state index in [0.717, 1.165) is 22.5 Å². The van der Waals surface area contributed by atoms with Gasteiger partial charge in [0.1, 0.15) is 0 Å². The average molecular weight is 348 g/mol. The molecule has 1 saturated heterocycles. The van der Waals surface area contributed by atoms with Crippen LogP contribution in [0.5, 0.6) is 0 Å². The third kappa shape index (κ3) is 4.24. The summed E-state index contributed by atoms with van der Waals surface area (Å²) in [6.45, 7) is 0.374. The smallest absolute Gasteiger partial charge is 0.251 e. The zero-order valence-electron chi connectivity index (χ0n) is 12.8. The molecule has 0 aliphatic carbocycles. The highest BCUT2D eigenvalue weighted by molar-refractivity contribution is 7.89. The van der Waals surface area contributed by atoms with E-state index in [1.807, 2.05) is 0 Å². The molecule has 1 fully saturated rings. The maximum Gasteiger partial charge on any atom is 0.251 e. The van der Waals surface area contributed by atoms with Crippen LogP contribution in [0.3, 0.4) is 0 Å². The summed E-state index contributed by atoms with van der Waals surface area (Å²) in [5, 5.41) is 2.62. The van der Waals surface area contributed by atoms with Gasteiger partial charge in [-0.05, 0) is 18.2 Å². The summed E-state index contributed by atoms with van der Waals surface area (Å²) in [4.78, 5) is 12.1. The van der Waals surface area contributed by atoms with E-state index in [0.29, 0.717) is 0 Å². The molecule has 1 aromatic rings. The van der Waals surface area contributed by atoms with E-state index in [-0.39, 0.29) is 24.5 Å².